The van der Waals surface area contributed by atoms with Crippen molar-refractivity contribution in [2.24, 2.45) is 0 Å². The Bertz CT molecular complexity index is 721. The minimum Gasteiger partial charge on any atom is -0.380 e. The molecule has 2 aromatic carbocycles. The van der Waals surface area contributed by atoms with Gasteiger partial charge < -0.3 is 20.3 Å². The predicted octanol–water partition coefficient (Wildman–Crippen LogP) is 4.60. The van der Waals surface area contributed by atoms with Crippen LogP contribution < -0.4 is 15.5 Å². The van der Waals surface area contributed by atoms with Crippen molar-refractivity contribution in [3.63, 3.8) is 0 Å². The number of amides is 2. The van der Waals surface area contributed by atoms with Gasteiger partial charge >= 0.3 is 6.03 Å². The van der Waals surface area contributed by atoms with Gasteiger partial charge in [-0.2, -0.15) is 0 Å². The van der Waals surface area contributed by atoms with Gasteiger partial charge in [0.25, 0.3) is 0 Å². The second kappa shape index (κ2) is 8.23. The predicted molar refractivity (Wildman–Crippen MR) is 103 cm³/mol. The molecule has 0 aliphatic carbocycles. The maximum atomic E-state index is 12.1. The van der Waals surface area contributed by atoms with E-state index in [0.717, 1.165) is 37.3 Å². The minimum absolute atomic E-state index is 0.285. The summed E-state index contributed by atoms with van der Waals surface area (Å²) < 4.78 is 5.47. The molecule has 0 saturated carbocycles. The van der Waals surface area contributed by atoms with E-state index in [1.54, 1.807) is 19.2 Å². The molecule has 0 spiro atoms. The Hall–Kier alpha value is -2.24. The Kier molecular flexibility index (Phi) is 5.79. The number of hydrogen-bond acceptors (Lipinski definition) is 3. The number of benzene rings is 2. The fourth-order valence-electron chi connectivity index (χ4n) is 2.97. The van der Waals surface area contributed by atoms with Crippen LogP contribution in [0.1, 0.15) is 12.8 Å². The van der Waals surface area contributed by atoms with Crippen LogP contribution in [0.15, 0.2) is 48.5 Å². The molecule has 1 heterocycles. The van der Waals surface area contributed by atoms with E-state index in [0.29, 0.717) is 10.7 Å². The van der Waals surface area contributed by atoms with E-state index in [4.69, 9.17) is 16.3 Å². The Morgan fingerprint density at radius 2 is 1.92 bits per heavy atom. The van der Waals surface area contributed by atoms with Gasteiger partial charge in [0.05, 0.1) is 16.8 Å². The average molecular weight is 360 g/mol. The van der Waals surface area contributed by atoms with Crippen LogP contribution in [0.3, 0.4) is 0 Å². The highest BCUT2D eigenvalue weighted by molar-refractivity contribution is 6.33. The van der Waals surface area contributed by atoms with Crippen molar-refractivity contribution < 1.29 is 9.53 Å². The highest BCUT2D eigenvalue weighted by atomic mass is 35.5. The highest BCUT2D eigenvalue weighted by Gasteiger charge is 2.19. The van der Waals surface area contributed by atoms with Gasteiger partial charge in [-0.1, -0.05) is 23.7 Å². The number of carbonyl (C=O) groups is 1. The number of piperidine rings is 1. The van der Waals surface area contributed by atoms with E-state index >= 15 is 0 Å². The molecular formula is C19H22ClN3O2. The molecule has 3 rings (SSSR count). The molecule has 1 unspecified atom stereocenters. The Morgan fingerprint density at radius 3 is 2.64 bits per heavy atom. The first kappa shape index (κ1) is 17.6. The lowest BCUT2D eigenvalue weighted by atomic mass is 10.1. The zero-order chi connectivity index (χ0) is 17.6. The van der Waals surface area contributed by atoms with Crippen molar-refractivity contribution in [3.8, 4) is 0 Å². The van der Waals surface area contributed by atoms with Gasteiger partial charge in [0.2, 0.25) is 0 Å². The van der Waals surface area contributed by atoms with Crippen molar-refractivity contribution in [3.05, 3.63) is 53.6 Å². The van der Waals surface area contributed by atoms with Crippen molar-refractivity contribution in [1.29, 1.82) is 0 Å². The van der Waals surface area contributed by atoms with Crippen LogP contribution in [0, 0.1) is 0 Å². The maximum Gasteiger partial charge on any atom is 0.323 e. The van der Waals surface area contributed by atoms with E-state index in [9.17, 15) is 4.79 Å². The number of nitrogens with one attached hydrogen (secondary N) is 2. The monoisotopic (exact) mass is 359 g/mol. The first-order chi connectivity index (χ1) is 12.2. The number of para-hydroxylation sites is 1. The average Bonchev–Trinajstić information content (AvgIpc) is 2.64. The van der Waals surface area contributed by atoms with E-state index in [1.807, 2.05) is 36.4 Å². The number of carbonyl (C=O) groups excluding carboxylic acids is 1. The summed E-state index contributed by atoms with van der Waals surface area (Å²) in [6.07, 6.45) is 2.51. The van der Waals surface area contributed by atoms with Crippen LogP contribution >= 0.6 is 11.6 Å². The van der Waals surface area contributed by atoms with Crippen LogP contribution in [0.25, 0.3) is 0 Å². The van der Waals surface area contributed by atoms with E-state index in [2.05, 4.69) is 15.5 Å². The van der Waals surface area contributed by atoms with Gasteiger partial charge in [-0.25, -0.2) is 4.79 Å². The molecule has 1 aliphatic rings. The van der Waals surface area contributed by atoms with Gasteiger partial charge in [0, 0.05) is 31.6 Å². The molecule has 2 amide bonds. The third-order valence-corrected chi connectivity index (χ3v) is 4.65. The molecule has 1 aliphatic heterocycles. The molecule has 2 N–H and O–H groups in total. The number of urea groups is 1. The summed E-state index contributed by atoms with van der Waals surface area (Å²) in [5.74, 6) is 0. The zero-order valence-corrected chi connectivity index (χ0v) is 14.9. The van der Waals surface area contributed by atoms with Crippen LogP contribution in [0.5, 0.6) is 0 Å². The Balaban J connectivity index is 1.59. The number of nitrogens with zero attached hydrogens (tertiary/aromatic N) is 1. The molecule has 0 aromatic heterocycles. The number of anilines is 3. The molecule has 5 nitrogen and oxygen atoms in total. The molecule has 2 aromatic rings. The number of methoxy groups -OCH3 is 1. The molecule has 6 heteroatoms. The summed E-state index contributed by atoms with van der Waals surface area (Å²) in [5, 5.41) is 6.06. The molecule has 1 saturated heterocycles. The van der Waals surface area contributed by atoms with Gasteiger partial charge in [-0.15, -0.1) is 0 Å². The molecule has 0 radical (unpaired) electrons. The first-order valence-corrected chi connectivity index (χ1v) is 8.74. The third kappa shape index (κ3) is 4.65. The molecular weight excluding hydrogens is 338 g/mol. The number of ether oxygens (including phenoxy) is 1. The second-order valence-electron chi connectivity index (χ2n) is 6.05. The largest absolute Gasteiger partial charge is 0.380 e. The summed E-state index contributed by atoms with van der Waals surface area (Å²) in [6, 6.07) is 14.6. The fourth-order valence-corrected chi connectivity index (χ4v) is 3.15. The van der Waals surface area contributed by atoms with Crippen LogP contribution in [0.4, 0.5) is 21.9 Å². The van der Waals surface area contributed by atoms with E-state index in [-0.39, 0.29) is 12.1 Å². The van der Waals surface area contributed by atoms with Crippen LogP contribution in [-0.2, 0) is 4.74 Å². The third-order valence-electron chi connectivity index (χ3n) is 4.32. The van der Waals surface area contributed by atoms with E-state index in [1.165, 1.54) is 0 Å². The first-order valence-electron chi connectivity index (χ1n) is 8.36. The zero-order valence-electron chi connectivity index (χ0n) is 14.2. The second-order valence-corrected chi connectivity index (χ2v) is 6.46. The lowest BCUT2D eigenvalue weighted by Crippen LogP contribution is -2.39. The molecule has 1 atom stereocenters. The van der Waals surface area contributed by atoms with Crippen molar-refractivity contribution in [1.82, 2.24) is 0 Å². The van der Waals surface area contributed by atoms with Gasteiger partial charge in [0.15, 0.2) is 0 Å². The van der Waals surface area contributed by atoms with Gasteiger partial charge in [-0.3, -0.25) is 0 Å². The quantitative estimate of drug-likeness (QED) is 0.838. The molecule has 0 bridgehead atoms. The van der Waals surface area contributed by atoms with Gasteiger partial charge in [-0.05, 0) is 49.2 Å². The van der Waals surface area contributed by atoms with Crippen molar-refractivity contribution >= 4 is 34.7 Å². The SMILES string of the molecule is COC1CCCN(c2ccc(NC(=O)Nc3ccccc3Cl)cc2)C1. The summed E-state index contributed by atoms with van der Waals surface area (Å²) in [7, 11) is 1.76. The summed E-state index contributed by atoms with van der Waals surface area (Å²) >= 11 is 6.04. The standard InChI is InChI=1S/C19H22ClN3O2/c1-25-16-5-4-12-23(13-16)15-10-8-14(9-11-15)21-19(24)22-18-7-3-2-6-17(18)20/h2-3,6-11,16H,4-5,12-13H2,1H3,(H2,21,22,24). The Morgan fingerprint density at radius 1 is 1.16 bits per heavy atom. The molecule has 132 valence electrons. The summed E-state index contributed by atoms with van der Waals surface area (Å²) in [4.78, 5) is 14.4. The highest BCUT2D eigenvalue weighted by Crippen LogP contribution is 2.24. The topological polar surface area (TPSA) is 53.6 Å². The fraction of sp³-hybridized carbons (Fsp3) is 0.316. The minimum atomic E-state index is -0.321. The van der Waals surface area contributed by atoms with Crippen LogP contribution in [0.2, 0.25) is 5.02 Å². The smallest absolute Gasteiger partial charge is 0.323 e. The number of rotatable bonds is 4. The van der Waals surface area contributed by atoms with Gasteiger partial charge in [0.1, 0.15) is 0 Å². The van der Waals surface area contributed by atoms with Crippen molar-refractivity contribution in [2.45, 2.75) is 18.9 Å². The number of halogens is 1. The lowest BCUT2D eigenvalue weighted by molar-refractivity contribution is 0.0893. The molecule has 1 fully saturated rings. The lowest BCUT2D eigenvalue weighted by Gasteiger charge is -2.33. The summed E-state index contributed by atoms with van der Waals surface area (Å²) in [5.41, 5.74) is 2.45. The maximum absolute atomic E-state index is 12.1. The molecule has 25 heavy (non-hydrogen) atoms. The Labute approximate surface area is 152 Å². The normalized spacial score (nSPS) is 17.2. The van der Waals surface area contributed by atoms with Crippen molar-refractivity contribution in [2.75, 3.05) is 35.7 Å². The van der Waals surface area contributed by atoms with Crippen LogP contribution in [-0.4, -0.2) is 32.3 Å². The number of hydrogen-bond donors (Lipinski definition) is 2. The summed E-state index contributed by atoms with van der Waals surface area (Å²) in [6.45, 7) is 1.93. The van der Waals surface area contributed by atoms with E-state index < -0.39 is 0 Å².